The van der Waals surface area contributed by atoms with Gasteiger partial charge in [-0.05, 0) is 44.4 Å². The van der Waals surface area contributed by atoms with Crippen molar-refractivity contribution in [2.24, 2.45) is 0 Å². The summed E-state index contributed by atoms with van der Waals surface area (Å²) in [7, 11) is 0. The lowest BCUT2D eigenvalue weighted by Crippen LogP contribution is -2.50. The van der Waals surface area contributed by atoms with E-state index in [0.717, 1.165) is 36.1 Å². The second-order valence-electron chi connectivity index (χ2n) is 7.75. The molecule has 1 N–H and O–H groups in total. The molecule has 4 rings (SSSR count). The van der Waals surface area contributed by atoms with Crippen LogP contribution in [0.2, 0.25) is 5.02 Å². The number of carbonyl (C=O) groups excluding carboxylic acids is 1. The molecule has 29 heavy (non-hydrogen) atoms. The number of aromatic nitrogens is 2. The maximum Gasteiger partial charge on any atom is 0.322 e. The number of rotatable bonds is 3. The van der Waals surface area contributed by atoms with Crippen LogP contribution in [0.1, 0.15) is 24.1 Å². The number of amides is 2. The standard InChI is InChI=1S/C21H27ClN6O/c1-15-5-6-18(17(22)13-15)24-21(29)28-11-9-27(10-12-28)20-23-16(2)14-19(25-20)26-7-3-4-8-26/h5-6,13-14H,3-4,7-12H2,1-2H3,(H,24,29). The first-order valence-electron chi connectivity index (χ1n) is 10.2. The fraction of sp³-hybridized carbons (Fsp3) is 0.476. The van der Waals surface area contributed by atoms with Gasteiger partial charge in [0.2, 0.25) is 5.95 Å². The van der Waals surface area contributed by atoms with Crippen LogP contribution in [-0.2, 0) is 0 Å². The third-order valence-corrected chi connectivity index (χ3v) is 5.79. The second kappa shape index (κ2) is 8.45. The van der Waals surface area contributed by atoms with E-state index in [1.807, 2.05) is 36.9 Å². The Morgan fingerprint density at radius 1 is 0.966 bits per heavy atom. The number of hydrogen-bond donors (Lipinski definition) is 1. The van der Waals surface area contributed by atoms with Crippen molar-refractivity contribution in [2.75, 3.05) is 54.4 Å². The molecule has 8 heteroatoms. The number of nitrogens with one attached hydrogen (secondary N) is 1. The third kappa shape index (κ3) is 4.56. The summed E-state index contributed by atoms with van der Waals surface area (Å²) >= 11 is 6.24. The molecule has 2 aromatic rings. The highest BCUT2D eigenvalue weighted by atomic mass is 35.5. The predicted octanol–water partition coefficient (Wildman–Crippen LogP) is 3.70. The van der Waals surface area contributed by atoms with E-state index >= 15 is 0 Å². The maximum absolute atomic E-state index is 12.6. The van der Waals surface area contributed by atoms with Crippen molar-refractivity contribution >= 4 is 35.1 Å². The fourth-order valence-electron chi connectivity index (χ4n) is 3.81. The number of nitrogens with zero attached hydrogens (tertiary/aromatic N) is 5. The van der Waals surface area contributed by atoms with E-state index in [0.29, 0.717) is 36.9 Å². The van der Waals surface area contributed by atoms with E-state index in [9.17, 15) is 4.79 Å². The molecule has 2 aliphatic rings. The molecule has 7 nitrogen and oxygen atoms in total. The normalized spacial score (nSPS) is 17.0. The van der Waals surface area contributed by atoms with Crippen LogP contribution in [0.25, 0.3) is 0 Å². The van der Waals surface area contributed by atoms with Crippen LogP contribution in [0.15, 0.2) is 24.3 Å². The molecule has 0 unspecified atom stereocenters. The lowest BCUT2D eigenvalue weighted by Gasteiger charge is -2.35. The van der Waals surface area contributed by atoms with Gasteiger partial charge in [0, 0.05) is 51.0 Å². The Morgan fingerprint density at radius 3 is 2.38 bits per heavy atom. The lowest BCUT2D eigenvalue weighted by atomic mass is 10.2. The molecule has 3 heterocycles. The summed E-state index contributed by atoms with van der Waals surface area (Å²) in [5.41, 5.74) is 2.68. The minimum absolute atomic E-state index is 0.127. The Labute approximate surface area is 176 Å². The van der Waals surface area contributed by atoms with Crippen LogP contribution in [0.5, 0.6) is 0 Å². The molecule has 0 bridgehead atoms. The largest absolute Gasteiger partial charge is 0.356 e. The molecule has 1 aromatic heterocycles. The molecular weight excluding hydrogens is 388 g/mol. The first-order valence-corrected chi connectivity index (χ1v) is 10.5. The molecule has 0 aliphatic carbocycles. The zero-order valence-corrected chi connectivity index (χ0v) is 17.7. The molecule has 0 spiro atoms. The average Bonchev–Trinajstić information content (AvgIpc) is 3.25. The summed E-state index contributed by atoms with van der Waals surface area (Å²) in [5, 5.41) is 3.47. The molecule has 0 saturated carbocycles. The highest BCUT2D eigenvalue weighted by Gasteiger charge is 2.24. The molecule has 1 aromatic carbocycles. The van der Waals surface area contributed by atoms with Crippen molar-refractivity contribution in [2.45, 2.75) is 26.7 Å². The fourth-order valence-corrected chi connectivity index (χ4v) is 4.09. The van der Waals surface area contributed by atoms with E-state index < -0.39 is 0 Å². The number of halogens is 1. The molecule has 0 radical (unpaired) electrons. The molecule has 2 fully saturated rings. The van der Waals surface area contributed by atoms with E-state index in [1.165, 1.54) is 12.8 Å². The van der Waals surface area contributed by atoms with Gasteiger partial charge in [0.1, 0.15) is 5.82 Å². The van der Waals surface area contributed by atoms with Gasteiger partial charge >= 0.3 is 6.03 Å². The Hall–Kier alpha value is -2.54. The highest BCUT2D eigenvalue weighted by molar-refractivity contribution is 6.33. The topological polar surface area (TPSA) is 64.6 Å². The predicted molar refractivity (Wildman–Crippen MR) is 117 cm³/mol. The van der Waals surface area contributed by atoms with Gasteiger partial charge < -0.3 is 20.0 Å². The monoisotopic (exact) mass is 414 g/mol. The summed E-state index contributed by atoms with van der Waals surface area (Å²) in [6.45, 7) is 8.75. The average molecular weight is 415 g/mol. The van der Waals surface area contributed by atoms with Crippen LogP contribution in [-0.4, -0.2) is 60.2 Å². The van der Waals surface area contributed by atoms with Crippen molar-refractivity contribution in [1.29, 1.82) is 0 Å². The van der Waals surface area contributed by atoms with E-state index in [-0.39, 0.29) is 6.03 Å². The Morgan fingerprint density at radius 2 is 1.69 bits per heavy atom. The summed E-state index contributed by atoms with van der Waals surface area (Å²) in [6.07, 6.45) is 2.44. The van der Waals surface area contributed by atoms with Crippen molar-refractivity contribution in [1.82, 2.24) is 14.9 Å². The van der Waals surface area contributed by atoms with E-state index in [2.05, 4.69) is 26.2 Å². The van der Waals surface area contributed by atoms with Crippen molar-refractivity contribution < 1.29 is 4.79 Å². The first kappa shape index (κ1) is 19.8. The molecule has 154 valence electrons. The summed E-state index contributed by atoms with van der Waals surface area (Å²) in [4.78, 5) is 28.4. The highest BCUT2D eigenvalue weighted by Crippen LogP contribution is 2.24. The Bertz CT molecular complexity index is 891. The molecule has 0 atom stereocenters. The zero-order chi connectivity index (χ0) is 20.4. The summed E-state index contributed by atoms with van der Waals surface area (Å²) < 4.78 is 0. The first-order chi connectivity index (χ1) is 14.0. The van der Waals surface area contributed by atoms with Gasteiger partial charge in [0.25, 0.3) is 0 Å². The number of benzene rings is 1. The van der Waals surface area contributed by atoms with Gasteiger partial charge in [0.05, 0.1) is 10.7 Å². The number of carbonyl (C=O) groups is 1. The smallest absolute Gasteiger partial charge is 0.322 e. The molecule has 2 saturated heterocycles. The molecule has 2 aliphatic heterocycles. The quantitative estimate of drug-likeness (QED) is 0.829. The van der Waals surface area contributed by atoms with Crippen LogP contribution in [0, 0.1) is 13.8 Å². The van der Waals surface area contributed by atoms with Gasteiger partial charge in [-0.2, -0.15) is 4.98 Å². The third-order valence-electron chi connectivity index (χ3n) is 5.47. The van der Waals surface area contributed by atoms with Crippen molar-refractivity contribution in [3.63, 3.8) is 0 Å². The van der Waals surface area contributed by atoms with Crippen molar-refractivity contribution in [3.8, 4) is 0 Å². The van der Waals surface area contributed by atoms with E-state index in [1.54, 1.807) is 0 Å². The Balaban J connectivity index is 1.38. The maximum atomic E-state index is 12.6. The molecular formula is C21H27ClN6O. The zero-order valence-electron chi connectivity index (χ0n) is 17.0. The number of hydrogen-bond acceptors (Lipinski definition) is 5. The molecule has 2 amide bonds. The van der Waals surface area contributed by atoms with Crippen LogP contribution < -0.4 is 15.1 Å². The van der Waals surface area contributed by atoms with Gasteiger partial charge in [-0.15, -0.1) is 0 Å². The van der Waals surface area contributed by atoms with E-state index in [4.69, 9.17) is 16.6 Å². The minimum Gasteiger partial charge on any atom is -0.356 e. The van der Waals surface area contributed by atoms with Crippen LogP contribution >= 0.6 is 11.6 Å². The summed E-state index contributed by atoms with van der Waals surface area (Å²) in [5.74, 6) is 1.77. The SMILES string of the molecule is Cc1ccc(NC(=O)N2CCN(c3nc(C)cc(N4CCCC4)n3)CC2)c(Cl)c1. The summed E-state index contributed by atoms with van der Waals surface area (Å²) in [6, 6.07) is 7.56. The van der Waals surface area contributed by atoms with Gasteiger partial charge in [-0.25, -0.2) is 9.78 Å². The Kier molecular flexibility index (Phi) is 5.76. The lowest BCUT2D eigenvalue weighted by molar-refractivity contribution is 0.208. The minimum atomic E-state index is -0.127. The van der Waals surface area contributed by atoms with Crippen LogP contribution in [0.4, 0.5) is 22.2 Å². The number of urea groups is 1. The number of anilines is 3. The second-order valence-corrected chi connectivity index (χ2v) is 8.16. The number of piperazine rings is 1. The van der Waals surface area contributed by atoms with Gasteiger partial charge in [-0.1, -0.05) is 17.7 Å². The number of aryl methyl sites for hydroxylation is 2. The van der Waals surface area contributed by atoms with Crippen molar-refractivity contribution in [3.05, 3.63) is 40.5 Å². The van der Waals surface area contributed by atoms with Gasteiger partial charge in [0.15, 0.2) is 0 Å². The van der Waals surface area contributed by atoms with Crippen LogP contribution in [0.3, 0.4) is 0 Å². The van der Waals surface area contributed by atoms with Gasteiger partial charge in [-0.3, -0.25) is 0 Å².